The molecule has 0 aromatic rings. The lowest BCUT2D eigenvalue weighted by atomic mass is 10.2. The molecule has 0 aliphatic rings. The van der Waals surface area contributed by atoms with Gasteiger partial charge in [0.1, 0.15) is 0 Å². The minimum absolute atomic E-state index is 0.109. The summed E-state index contributed by atoms with van der Waals surface area (Å²) >= 11 is 0. The average molecular weight is 563 g/mol. The van der Waals surface area contributed by atoms with Gasteiger partial charge in [-0.3, -0.25) is 4.79 Å². The van der Waals surface area contributed by atoms with Crippen molar-refractivity contribution in [2.24, 2.45) is 0 Å². The second kappa shape index (κ2) is 13.0. The largest absolute Gasteiger partial charge is 0.469 e. The zero-order valence-electron chi connectivity index (χ0n) is 21.9. The Morgan fingerprint density at radius 1 is 0.765 bits per heavy atom. The van der Waals surface area contributed by atoms with E-state index < -0.39 is 58.5 Å². The first-order chi connectivity index (χ1) is 15.0. The smallest absolute Gasteiger partial charge is 0.466 e. The van der Waals surface area contributed by atoms with Gasteiger partial charge in [0, 0.05) is 18.0 Å². The molecule has 200 valence electrons. The monoisotopic (exact) mass is 562 g/mol. The molecule has 0 aromatic carbocycles. The maximum atomic E-state index is 12.1. The summed E-state index contributed by atoms with van der Waals surface area (Å²) in [6.45, 7) is 20.6. The lowest BCUT2D eigenvalue weighted by Crippen LogP contribution is -2.60. The fourth-order valence-electron chi connectivity index (χ4n) is 2.77. The van der Waals surface area contributed by atoms with Crippen LogP contribution in [0.3, 0.4) is 0 Å². The Morgan fingerprint density at radius 2 is 1.21 bits per heavy atom. The topological polar surface area (TPSA) is 80.3 Å². The highest BCUT2D eigenvalue weighted by atomic mass is 28.5. The number of halogens is 3. The van der Waals surface area contributed by atoms with E-state index in [4.69, 9.17) is 17.1 Å². The van der Waals surface area contributed by atoms with E-state index in [-0.39, 0.29) is 25.0 Å². The number of rotatable bonds is 15. The van der Waals surface area contributed by atoms with Gasteiger partial charge in [-0.1, -0.05) is 6.58 Å². The summed E-state index contributed by atoms with van der Waals surface area (Å²) in [6.07, 6.45) is -4.48. The van der Waals surface area contributed by atoms with Crippen LogP contribution in [0.15, 0.2) is 12.2 Å². The molecule has 0 bridgehead atoms. The van der Waals surface area contributed by atoms with Crippen LogP contribution >= 0.6 is 0 Å². The Labute approximate surface area is 206 Å². The maximum absolute atomic E-state index is 12.1. The molecule has 0 spiro atoms. The molecule has 0 fully saturated rings. The third-order valence-corrected chi connectivity index (χ3v) is 15.6. The van der Waals surface area contributed by atoms with E-state index in [1.807, 2.05) is 0 Å². The summed E-state index contributed by atoms with van der Waals surface area (Å²) in [6, 6.07) is 0.509. The molecular weight excluding hydrogens is 522 g/mol. The SMILES string of the molecule is C=C(CCC(=O)OCCC[Si](O[Si](C)(C)C)(O[Si](C)(C)C)O[Si](C)(C)C)C(=O)OCC(F)(F)F. The fourth-order valence-corrected chi connectivity index (χ4v) is 17.4. The molecule has 0 unspecified atom stereocenters. The molecule has 0 rings (SSSR count). The summed E-state index contributed by atoms with van der Waals surface area (Å²) in [7, 11) is -9.04. The van der Waals surface area contributed by atoms with E-state index in [0.717, 1.165) is 0 Å². The summed E-state index contributed by atoms with van der Waals surface area (Å²) in [4.78, 5) is 23.6. The molecule has 0 aliphatic heterocycles. The molecule has 7 nitrogen and oxygen atoms in total. The van der Waals surface area contributed by atoms with E-state index in [9.17, 15) is 22.8 Å². The highest BCUT2D eigenvalue weighted by Crippen LogP contribution is 2.30. The Bertz CT molecular complexity index is 655. The van der Waals surface area contributed by atoms with Crippen molar-refractivity contribution in [3.63, 3.8) is 0 Å². The van der Waals surface area contributed by atoms with Crippen molar-refractivity contribution in [1.82, 2.24) is 0 Å². The van der Waals surface area contributed by atoms with E-state index in [1.54, 1.807) is 0 Å². The standard InChI is InChI=1S/C20H41F3O7Si4/c1-17(19(25)27-16-20(21,22)23)12-13-18(24)26-14-11-15-34(28-31(2,3)4,29-32(5,6)7)30-33(8,9)10/h1,11-16H2,2-10H3. The highest BCUT2D eigenvalue weighted by molar-refractivity contribution is 6.90. The molecule has 0 amide bonds. The lowest BCUT2D eigenvalue weighted by Gasteiger charge is -2.42. The lowest BCUT2D eigenvalue weighted by molar-refractivity contribution is -0.183. The summed E-state index contributed by atoms with van der Waals surface area (Å²) in [5.41, 5.74) is -0.219. The van der Waals surface area contributed by atoms with Crippen molar-refractivity contribution in [1.29, 1.82) is 0 Å². The molecule has 0 aromatic heterocycles. The third-order valence-electron chi connectivity index (χ3n) is 3.56. The molecular formula is C20H41F3O7Si4. The molecule has 0 N–H and O–H groups in total. The first-order valence-electron chi connectivity index (χ1n) is 11.2. The fraction of sp³-hybridized carbons (Fsp3) is 0.800. The first kappa shape index (κ1) is 33.2. The van der Waals surface area contributed by atoms with Crippen molar-refractivity contribution in [2.45, 2.75) is 90.4 Å². The van der Waals surface area contributed by atoms with Gasteiger partial charge in [-0.25, -0.2) is 4.79 Å². The number of hydrogen-bond donors (Lipinski definition) is 0. The summed E-state index contributed by atoms with van der Waals surface area (Å²) in [5.74, 6) is -1.77. The second-order valence-electron chi connectivity index (χ2n) is 10.9. The number of carbonyl (C=O) groups is 2. The Balaban J connectivity index is 4.89. The molecule has 0 aliphatic carbocycles. The molecule has 34 heavy (non-hydrogen) atoms. The number of hydrogen-bond acceptors (Lipinski definition) is 7. The Morgan fingerprint density at radius 3 is 1.59 bits per heavy atom. The van der Waals surface area contributed by atoms with Crippen molar-refractivity contribution >= 4 is 45.7 Å². The Hall–Kier alpha value is -0.782. The van der Waals surface area contributed by atoms with Crippen LogP contribution in [-0.2, 0) is 31.4 Å². The van der Waals surface area contributed by atoms with E-state index in [0.29, 0.717) is 12.5 Å². The van der Waals surface area contributed by atoms with Gasteiger partial charge in [-0.2, -0.15) is 13.2 Å². The van der Waals surface area contributed by atoms with Crippen LogP contribution in [0, 0.1) is 0 Å². The Kier molecular flexibility index (Phi) is 12.7. The molecule has 0 heterocycles. The quantitative estimate of drug-likeness (QED) is 0.107. The van der Waals surface area contributed by atoms with Gasteiger partial charge in [-0.15, -0.1) is 0 Å². The van der Waals surface area contributed by atoms with Gasteiger partial charge < -0.3 is 21.8 Å². The van der Waals surface area contributed by atoms with Crippen molar-refractivity contribution in [3.8, 4) is 0 Å². The van der Waals surface area contributed by atoms with Crippen LogP contribution in [0.4, 0.5) is 13.2 Å². The van der Waals surface area contributed by atoms with Gasteiger partial charge in [-0.05, 0) is 71.8 Å². The number of esters is 2. The van der Waals surface area contributed by atoms with Gasteiger partial charge in [0.15, 0.2) is 31.6 Å². The third kappa shape index (κ3) is 17.6. The van der Waals surface area contributed by atoms with Gasteiger partial charge in [0.05, 0.1) is 6.61 Å². The van der Waals surface area contributed by atoms with Crippen LogP contribution in [0.25, 0.3) is 0 Å². The predicted octanol–water partition coefficient (Wildman–Crippen LogP) is 5.86. The predicted molar refractivity (Wildman–Crippen MR) is 135 cm³/mol. The van der Waals surface area contributed by atoms with Crippen molar-refractivity contribution in [2.75, 3.05) is 13.2 Å². The number of ether oxygens (including phenoxy) is 2. The summed E-state index contributed by atoms with van der Waals surface area (Å²) < 4.78 is 65.4. The van der Waals surface area contributed by atoms with E-state index >= 15 is 0 Å². The normalized spacial score (nSPS) is 13.5. The molecule has 0 saturated carbocycles. The van der Waals surface area contributed by atoms with Crippen LogP contribution in [-0.4, -0.2) is 65.1 Å². The van der Waals surface area contributed by atoms with E-state index in [1.165, 1.54) is 0 Å². The highest BCUT2D eigenvalue weighted by Gasteiger charge is 2.49. The second-order valence-corrected chi connectivity index (χ2v) is 27.9. The minimum Gasteiger partial charge on any atom is -0.466 e. The average Bonchev–Trinajstić information content (AvgIpc) is 2.56. The maximum Gasteiger partial charge on any atom is 0.469 e. The van der Waals surface area contributed by atoms with Crippen LogP contribution in [0.2, 0.25) is 65.0 Å². The van der Waals surface area contributed by atoms with Gasteiger partial charge in [0.2, 0.25) is 0 Å². The molecule has 0 atom stereocenters. The van der Waals surface area contributed by atoms with Crippen molar-refractivity contribution < 1.29 is 44.6 Å². The zero-order chi connectivity index (χ0) is 27.0. The van der Waals surface area contributed by atoms with Crippen LogP contribution < -0.4 is 0 Å². The van der Waals surface area contributed by atoms with Crippen molar-refractivity contribution in [3.05, 3.63) is 12.2 Å². The molecule has 14 heteroatoms. The molecule has 0 saturated heterocycles. The molecule has 0 radical (unpaired) electrons. The van der Waals surface area contributed by atoms with Crippen LogP contribution in [0.5, 0.6) is 0 Å². The number of alkyl halides is 3. The summed E-state index contributed by atoms with van der Waals surface area (Å²) in [5, 5.41) is 0. The first-order valence-corrected chi connectivity index (χ1v) is 23.4. The van der Waals surface area contributed by atoms with Gasteiger partial charge >= 0.3 is 26.9 Å². The zero-order valence-corrected chi connectivity index (χ0v) is 25.9. The van der Waals surface area contributed by atoms with Crippen LogP contribution in [0.1, 0.15) is 19.3 Å². The van der Waals surface area contributed by atoms with Gasteiger partial charge in [0.25, 0.3) is 0 Å². The number of carbonyl (C=O) groups excluding carboxylic acids is 2. The van der Waals surface area contributed by atoms with E-state index in [2.05, 4.69) is 70.2 Å². The minimum atomic E-state index is -4.62.